The Morgan fingerprint density at radius 3 is 2.41 bits per heavy atom. The van der Waals surface area contributed by atoms with Gasteiger partial charge in [-0.15, -0.1) is 0 Å². The van der Waals surface area contributed by atoms with Crippen LogP contribution in [0.25, 0.3) is 0 Å². The number of carbonyl (C=O) groups is 1. The van der Waals surface area contributed by atoms with Crippen LogP contribution in [-0.4, -0.2) is 11.0 Å². The number of hydrogen-bond donors (Lipinski definition) is 2. The largest absolute Gasteiger partial charge is 0.437 e. The topological polar surface area (TPSA) is 54.5 Å². The highest BCUT2D eigenvalue weighted by Crippen LogP contribution is 2.37. The number of rotatable bonds is 4. The van der Waals surface area contributed by atoms with Crippen LogP contribution in [-0.2, 0) is 5.41 Å². The van der Waals surface area contributed by atoms with Crippen LogP contribution in [0.5, 0.6) is 11.6 Å². The third-order valence-corrected chi connectivity index (χ3v) is 4.77. The predicted molar refractivity (Wildman–Crippen MR) is 121 cm³/mol. The summed E-state index contributed by atoms with van der Waals surface area (Å²) in [6.07, 6.45) is 1.62. The number of benzene rings is 2. The van der Waals surface area contributed by atoms with Crippen molar-refractivity contribution in [3.8, 4) is 11.6 Å². The van der Waals surface area contributed by atoms with E-state index in [1.54, 1.807) is 18.3 Å². The first-order valence-corrected chi connectivity index (χ1v) is 9.75. The molecule has 0 aliphatic carbocycles. The highest BCUT2D eigenvalue weighted by Gasteiger charge is 2.22. The number of pyridine rings is 1. The maximum Gasteiger partial charge on any atom is 0.336 e. The van der Waals surface area contributed by atoms with Crippen molar-refractivity contribution in [1.29, 1.82) is 0 Å². The highest BCUT2D eigenvalue weighted by atomic mass is 32.1. The van der Waals surface area contributed by atoms with Crippen molar-refractivity contribution in [2.24, 2.45) is 0 Å². The van der Waals surface area contributed by atoms with Gasteiger partial charge in [0, 0.05) is 17.4 Å². The number of aryl methyl sites for hydroxylation is 1. The molecule has 0 fully saturated rings. The van der Waals surface area contributed by atoms with Crippen LogP contribution < -0.4 is 14.4 Å². The predicted octanol–water partition coefficient (Wildman–Crippen LogP) is 6.36. The number of nitrogens with one attached hydrogen (secondary N) is 1. The van der Waals surface area contributed by atoms with E-state index in [1.165, 1.54) is 4.31 Å². The molecule has 0 aliphatic rings. The summed E-state index contributed by atoms with van der Waals surface area (Å²) >= 11 is 4.39. The number of thiol groups is 1. The minimum absolute atomic E-state index is 0.102. The Labute approximate surface area is 177 Å². The zero-order chi connectivity index (χ0) is 21.0. The summed E-state index contributed by atoms with van der Waals surface area (Å²) in [5, 5.41) is 2.82. The van der Waals surface area contributed by atoms with E-state index in [4.69, 9.17) is 4.74 Å². The number of ether oxygens (including phenoxy) is 1. The molecule has 0 spiro atoms. The molecule has 1 N–H and O–H groups in total. The van der Waals surface area contributed by atoms with Gasteiger partial charge in [0.25, 0.3) is 0 Å². The zero-order valence-corrected chi connectivity index (χ0v) is 17.9. The van der Waals surface area contributed by atoms with Crippen LogP contribution in [0.4, 0.5) is 16.2 Å². The van der Waals surface area contributed by atoms with E-state index in [0.717, 1.165) is 11.1 Å². The van der Waals surface area contributed by atoms with Crippen molar-refractivity contribution >= 4 is 30.2 Å². The van der Waals surface area contributed by atoms with Gasteiger partial charge in [-0.05, 0) is 42.7 Å². The molecule has 6 heteroatoms. The Morgan fingerprint density at radius 2 is 1.72 bits per heavy atom. The Balaban J connectivity index is 1.85. The summed E-state index contributed by atoms with van der Waals surface area (Å²) < 4.78 is 7.32. The molecule has 29 heavy (non-hydrogen) atoms. The zero-order valence-electron chi connectivity index (χ0n) is 17.0. The van der Waals surface area contributed by atoms with Gasteiger partial charge in [0.15, 0.2) is 0 Å². The fraction of sp³-hybridized carbons (Fsp3) is 0.217. The second-order valence-electron chi connectivity index (χ2n) is 7.78. The summed E-state index contributed by atoms with van der Waals surface area (Å²) in [6, 6.07) is 18.4. The number of amides is 2. The van der Waals surface area contributed by atoms with Gasteiger partial charge in [-0.1, -0.05) is 69.5 Å². The number of para-hydroxylation sites is 1. The van der Waals surface area contributed by atoms with Gasteiger partial charge in [0.05, 0.1) is 0 Å². The van der Waals surface area contributed by atoms with E-state index in [-0.39, 0.29) is 5.41 Å². The van der Waals surface area contributed by atoms with E-state index in [1.807, 2.05) is 55.5 Å². The molecule has 0 aliphatic heterocycles. The summed E-state index contributed by atoms with van der Waals surface area (Å²) in [7, 11) is 0. The summed E-state index contributed by atoms with van der Waals surface area (Å²) in [5.41, 5.74) is 3.19. The van der Waals surface area contributed by atoms with Crippen molar-refractivity contribution < 1.29 is 9.53 Å². The fourth-order valence-corrected chi connectivity index (χ4v) is 3.03. The minimum atomic E-state index is -0.404. The molecule has 3 aromatic rings. The van der Waals surface area contributed by atoms with Crippen LogP contribution in [0, 0.1) is 6.92 Å². The second kappa shape index (κ2) is 8.57. The molecule has 1 aromatic heterocycles. The Morgan fingerprint density at radius 1 is 1.03 bits per heavy atom. The molecule has 0 saturated heterocycles. The van der Waals surface area contributed by atoms with Gasteiger partial charge in [0.2, 0.25) is 5.88 Å². The van der Waals surface area contributed by atoms with Crippen molar-refractivity contribution in [3.05, 3.63) is 78.0 Å². The van der Waals surface area contributed by atoms with Crippen molar-refractivity contribution in [2.75, 3.05) is 9.62 Å². The minimum Gasteiger partial charge on any atom is -0.437 e. The lowest BCUT2D eigenvalue weighted by molar-refractivity contribution is 0.260. The van der Waals surface area contributed by atoms with Crippen molar-refractivity contribution in [3.63, 3.8) is 0 Å². The molecule has 1 heterocycles. The smallest absolute Gasteiger partial charge is 0.336 e. The Kier molecular flexibility index (Phi) is 6.13. The van der Waals surface area contributed by atoms with Gasteiger partial charge in [-0.2, -0.15) is 0 Å². The van der Waals surface area contributed by atoms with E-state index in [9.17, 15) is 4.79 Å². The Bertz CT molecular complexity index is 998. The number of urea groups is 1. The van der Waals surface area contributed by atoms with Gasteiger partial charge in [-0.3, -0.25) is 0 Å². The molecular formula is C23H25N3O2S. The van der Waals surface area contributed by atoms with E-state index in [2.05, 4.69) is 43.9 Å². The lowest BCUT2D eigenvalue weighted by Crippen LogP contribution is -2.27. The fourth-order valence-electron chi connectivity index (χ4n) is 2.82. The van der Waals surface area contributed by atoms with Crippen molar-refractivity contribution in [2.45, 2.75) is 33.1 Å². The summed E-state index contributed by atoms with van der Waals surface area (Å²) in [5.74, 6) is 0.999. The molecule has 0 radical (unpaired) electrons. The molecule has 0 bridgehead atoms. The molecule has 2 aromatic carbocycles. The number of anilines is 2. The van der Waals surface area contributed by atoms with E-state index in [0.29, 0.717) is 23.0 Å². The lowest BCUT2D eigenvalue weighted by Gasteiger charge is -2.24. The van der Waals surface area contributed by atoms with Crippen LogP contribution in [0.1, 0.15) is 31.9 Å². The molecule has 2 amide bonds. The van der Waals surface area contributed by atoms with Gasteiger partial charge in [-0.25, -0.2) is 14.1 Å². The second-order valence-corrected chi connectivity index (χ2v) is 8.18. The summed E-state index contributed by atoms with van der Waals surface area (Å²) in [6.45, 7) is 8.35. The summed E-state index contributed by atoms with van der Waals surface area (Å²) in [4.78, 5) is 17.0. The van der Waals surface area contributed by atoms with E-state index >= 15 is 0 Å². The Hall–Kier alpha value is -2.99. The standard InChI is InChI=1S/C23H25N3O2S/c1-16-11-13-17(14-12-16)25-22(27)26(29)19-9-7-15-24-21(19)28-20-10-6-5-8-18(20)23(2,3)4/h5-15,29H,1-4H3,(H,25,27). The molecule has 0 unspecified atom stereocenters. The first kappa shape index (κ1) is 20.7. The average molecular weight is 408 g/mol. The first-order valence-electron chi connectivity index (χ1n) is 9.35. The maximum atomic E-state index is 12.7. The highest BCUT2D eigenvalue weighted by molar-refractivity contribution is 7.82. The quantitative estimate of drug-likeness (QED) is 0.495. The molecule has 150 valence electrons. The van der Waals surface area contributed by atoms with E-state index < -0.39 is 6.03 Å². The first-order chi connectivity index (χ1) is 13.8. The monoisotopic (exact) mass is 407 g/mol. The third kappa shape index (κ3) is 5.09. The molecule has 5 nitrogen and oxygen atoms in total. The molecular weight excluding hydrogens is 382 g/mol. The van der Waals surface area contributed by atoms with Crippen LogP contribution >= 0.6 is 12.8 Å². The number of carbonyl (C=O) groups excluding carboxylic acids is 1. The van der Waals surface area contributed by atoms with Crippen LogP contribution in [0.2, 0.25) is 0 Å². The maximum absolute atomic E-state index is 12.7. The number of nitrogens with zero attached hydrogens (tertiary/aromatic N) is 2. The average Bonchev–Trinajstić information content (AvgIpc) is 2.69. The SMILES string of the molecule is Cc1ccc(NC(=O)N(S)c2cccnc2Oc2ccccc2C(C)(C)C)cc1. The lowest BCUT2D eigenvalue weighted by atomic mass is 9.86. The third-order valence-electron chi connectivity index (χ3n) is 4.38. The number of hydrogen-bond acceptors (Lipinski definition) is 4. The molecule has 0 atom stereocenters. The van der Waals surface area contributed by atoms with Crippen LogP contribution in [0.15, 0.2) is 66.9 Å². The molecule has 0 saturated carbocycles. The number of aromatic nitrogens is 1. The van der Waals surface area contributed by atoms with Gasteiger partial charge >= 0.3 is 6.03 Å². The van der Waals surface area contributed by atoms with Crippen molar-refractivity contribution in [1.82, 2.24) is 4.98 Å². The normalized spacial score (nSPS) is 11.1. The van der Waals surface area contributed by atoms with Gasteiger partial charge < -0.3 is 10.1 Å². The van der Waals surface area contributed by atoms with Crippen LogP contribution in [0.3, 0.4) is 0 Å². The van der Waals surface area contributed by atoms with Gasteiger partial charge in [0.1, 0.15) is 11.4 Å². The molecule has 3 rings (SSSR count).